The quantitative estimate of drug-likeness (QED) is 0.747. The van der Waals surface area contributed by atoms with Gasteiger partial charge in [0.15, 0.2) is 0 Å². The van der Waals surface area contributed by atoms with Crippen molar-refractivity contribution in [2.24, 2.45) is 11.8 Å². The molecule has 1 aromatic rings. The molecule has 1 aliphatic carbocycles. The average Bonchev–Trinajstić information content (AvgIpc) is 2.62. The molecule has 0 spiro atoms. The summed E-state index contributed by atoms with van der Waals surface area (Å²) in [6.45, 7) is 1.65. The topological polar surface area (TPSA) is 32.3 Å². The molecule has 26 heavy (non-hydrogen) atoms. The maximum absolute atomic E-state index is 13.7. The second kappa shape index (κ2) is 7.84. The molecule has 2 unspecified atom stereocenters. The molecular weight excluding hydrogens is 348 g/mol. The molecule has 2 aliphatic rings. The lowest BCUT2D eigenvalue weighted by Gasteiger charge is -2.32. The number of hydrogen-bond donors (Lipinski definition) is 1. The van der Waals surface area contributed by atoms with E-state index in [2.05, 4.69) is 10.2 Å². The molecule has 1 aromatic carbocycles. The SMILES string of the molecule is O=C(Nc1cc(F)ccc1N1CCCCC1)C1CCCC(C(F)(F)F)C1. The normalized spacial score (nSPS) is 24.4. The van der Waals surface area contributed by atoms with Gasteiger partial charge in [-0.15, -0.1) is 0 Å². The molecule has 1 aliphatic heterocycles. The minimum absolute atomic E-state index is 0.0757. The average molecular weight is 372 g/mol. The number of hydrogen-bond acceptors (Lipinski definition) is 2. The summed E-state index contributed by atoms with van der Waals surface area (Å²) in [5.41, 5.74) is 1.09. The highest BCUT2D eigenvalue weighted by molar-refractivity contribution is 5.96. The maximum Gasteiger partial charge on any atom is 0.391 e. The van der Waals surface area contributed by atoms with E-state index >= 15 is 0 Å². The van der Waals surface area contributed by atoms with Gasteiger partial charge in [0, 0.05) is 19.0 Å². The van der Waals surface area contributed by atoms with Crippen LogP contribution >= 0.6 is 0 Å². The standard InChI is InChI=1S/C19H24F4N2O/c20-15-7-8-17(25-9-2-1-3-10-25)16(12-15)24-18(26)13-5-4-6-14(11-13)19(21,22)23/h7-8,12-14H,1-6,9-11H2,(H,24,26). The first-order valence-corrected chi connectivity index (χ1v) is 9.26. The van der Waals surface area contributed by atoms with E-state index in [1.807, 2.05) is 0 Å². The first-order valence-electron chi connectivity index (χ1n) is 9.26. The summed E-state index contributed by atoms with van der Waals surface area (Å²) >= 11 is 0. The Hall–Kier alpha value is -1.79. The van der Waals surface area contributed by atoms with E-state index in [1.165, 1.54) is 12.1 Å². The number of carbonyl (C=O) groups is 1. The fraction of sp³-hybridized carbons (Fsp3) is 0.632. The first kappa shape index (κ1) is 19.0. The van der Waals surface area contributed by atoms with E-state index in [0.29, 0.717) is 18.5 Å². The van der Waals surface area contributed by atoms with Crippen LogP contribution in [-0.2, 0) is 4.79 Å². The van der Waals surface area contributed by atoms with E-state index < -0.39 is 29.7 Å². The van der Waals surface area contributed by atoms with Crippen molar-refractivity contribution in [3.8, 4) is 0 Å². The highest BCUT2D eigenvalue weighted by Gasteiger charge is 2.43. The van der Waals surface area contributed by atoms with Crippen molar-refractivity contribution in [3.63, 3.8) is 0 Å². The van der Waals surface area contributed by atoms with E-state index in [1.54, 1.807) is 6.07 Å². The van der Waals surface area contributed by atoms with Crippen LogP contribution in [0, 0.1) is 17.7 Å². The smallest absolute Gasteiger partial charge is 0.370 e. The molecule has 1 amide bonds. The third-order valence-electron chi connectivity index (χ3n) is 5.42. The first-order chi connectivity index (χ1) is 12.3. The summed E-state index contributed by atoms with van der Waals surface area (Å²) in [6.07, 6.45) is -0.370. The predicted molar refractivity (Wildman–Crippen MR) is 92.6 cm³/mol. The fourth-order valence-corrected chi connectivity index (χ4v) is 3.98. The Balaban J connectivity index is 1.73. The van der Waals surface area contributed by atoms with Crippen molar-refractivity contribution in [3.05, 3.63) is 24.0 Å². The van der Waals surface area contributed by atoms with Crippen LogP contribution in [0.4, 0.5) is 28.9 Å². The lowest BCUT2D eigenvalue weighted by Crippen LogP contribution is -2.35. The molecule has 3 nitrogen and oxygen atoms in total. The number of nitrogens with one attached hydrogen (secondary N) is 1. The summed E-state index contributed by atoms with van der Waals surface area (Å²) in [5, 5.41) is 2.70. The summed E-state index contributed by atoms with van der Waals surface area (Å²) in [5.74, 6) is -3.03. The number of nitrogens with zero attached hydrogens (tertiary/aromatic N) is 1. The van der Waals surface area contributed by atoms with Crippen LogP contribution in [0.25, 0.3) is 0 Å². The number of halogens is 4. The van der Waals surface area contributed by atoms with E-state index in [0.717, 1.165) is 38.0 Å². The number of carbonyl (C=O) groups excluding carboxylic acids is 1. The van der Waals surface area contributed by atoms with Gasteiger partial charge in [0.2, 0.25) is 5.91 Å². The Morgan fingerprint density at radius 2 is 1.81 bits per heavy atom. The number of benzene rings is 1. The largest absolute Gasteiger partial charge is 0.391 e. The van der Waals surface area contributed by atoms with Crippen LogP contribution in [0.2, 0.25) is 0 Å². The maximum atomic E-state index is 13.7. The molecule has 1 saturated heterocycles. The van der Waals surface area contributed by atoms with E-state index in [9.17, 15) is 22.4 Å². The summed E-state index contributed by atoms with van der Waals surface area (Å²) in [6, 6.07) is 4.24. The number of piperidine rings is 1. The third-order valence-corrected chi connectivity index (χ3v) is 5.42. The zero-order valence-corrected chi connectivity index (χ0v) is 14.6. The van der Waals surface area contributed by atoms with Gasteiger partial charge >= 0.3 is 6.18 Å². The zero-order chi connectivity index (χ0) is 18.7. The molecular formula is C19H24F4N2O. The minimum atomic E-state index is -4.27. The van der Waals surface area contributed by atoms with Crippen molar-refractivity contribution in [2.75, 3.05) is 23.3 Å². The van der Waals surface area contributed by atoms with Gasteiger partial charge in [0.05, 0.1) is 17.3 Å². The number of amides is 1. The minimum Gasteiger partial charge on any atom is -0.370 e. The zero-order valence-electron chi connectivity index (χ0n) is 14.6. The number of anilines is 2. The molecule has 1 heterocycles. The molecule has 1 N–H and O–H groups in total. The molecule has 0 radical (unpaired) electrons. The van der Waals surface area contributed by atoms with Gasteiger partial charge in [-0.1, -0.05) is 6.42 Å². The van der Waals surface area contributed by atoms with E-state index in [4.69, 9.17) is 0 Å². The van der Waals surface area contributed by atoms with Crippen LogP contribution in [-0.4, -0.2) is 25.2 Å². The van der Waals surface area contributed by atoms with Gasteiger partial charge in [-0.25, -0.2) is 4.39 Å². The second-order valence-corrected chi connectivity index (χ2v) is 7.30. The number of alkyl halides is 3. The van der Waals surface area contributed by atoms with Gasteiger partial charge in [-0.2, -0.15) is 13.2 Å². The Labute approximate surface area is 150 Å². The van der Waals surface area contributed by atoms with Crippen LogP contribution < -0.4 is 10.2 Å². The van der Waals surface area contributed by atoms with Crippen molar-refractivity contribution in [1.29, 1.82) is 0 Å². The third kappa shape index (κ3) is 4.48. The Kier molecular flexibility index (Phi) is 5.73. The summed E-state index contributed by atoms with van der Waals surface area (Å²) in [4.78, 5) is 14.7. The lowest BCUT2D eigenvalue weighted by atomic mass is 9.80. The van der Waals surface area contributed by atoms with E-state index in [-0.39, 0.29) is 12.8 Å². The highest BCUT2D eigenvalue weighted by Crippen LogP contribution is 2.40. The van der Waals surface area contributed by atoms with Crippen molar-refractivity contribution >= 4 is 17.3 Å². The van der Waals surface area contributed by atoms with Gasteiger partial charge in [0.1, 0.15) is 5.82 Å². The highest BCUT2D eigenvalue weighted by atomic mass is 19.4. The van der Waals surface area contributed by atoms with Crippen LogP contribution in [0.15, 0.2) is 18.2 Å². The predicted octanol–water partition coefficient (Wildman–Crippen LogP) is 5.12. The Morgan fingerprint density at radius 3 is 2.50 bits per heavy atom. The second-order valence-electron chi connectivity index (χ2n) is 7.30. The molecule has 144 valence electrons. The van der Waals surface area contributed by atoms with Gasteiger partial charge in [0.25, 0.3) is 0 Å². The number of rotatable bonds is 3. The monoisotopic (exact) mass is 372 g/mol. The molecule has 7 heteroatoms. The molecule has 3 rings (SSSR count). The van der Waals surface area contributed by atoms with Crippen molar-refractivity contribution < 1.29 is 22.4 Å². The summed E-state index contributed by atoms with van der Waals surface area (Å²) < 4.78 is 52.6. The lowest BCUT2D eigenvalue weighted by molar-refractivity contribution is -0.185. The molecule has 0 aromatic heterocycles. The molecule has 2 atom stereocenters. The molecule has 2 fully saturated rings. The van der Waals surface area contributed by atoms with Crippen LogP contribution in [0.3, 0.4) is 0 Å². The van der Waals surface area contributed by atoms with Gasteiger partial charge < -0.3 is 10.2 Å². The van der Waals surface area contributed by atoms with Crippen LogP contribution in [0.5, 0.6) is 0 Å². The van der Waals surface area contributed by atoms with Crippen molar-refractivity contribution in [2.45, 2.75) is 51.1 Å². The Bertz CT molecular complexity index is 641. The van der Waals surface area contributed by atoms with Gasteiger partial charge in [-0.3, -0.25) is 4.79 Å². The van der Waals surface area contributed by atoms with Crippen LogP contribution in [0.1, 0.15) is 44.9 Å². The Morgan fingerprint density at radius 1 is 1.08 bits per heavy atom. The van der Waals surface area contributed by atoms with Gasteiger partial charge in [-0.05, 0) is 56.7 Å². The summed E-state index contributed by atoms with van der Waals surface area (Å²) in [7, 11) is 0. The molecule has 1 saturated carbocycles. The molecule has 0 bridgehead atoms. The fourth-order valence-electron chi connectivity index (χ4n) is 3.98. The van der Waals surface area contributed by atoms with Crippen molar-refractivity contribution in [1.82, 2.24) is 0 Å².